The summed E-state index contributed by atoms with van der Waals surface area (Å²) < 4.78 is 18.9. The summed E-state index contributed by atoms with van der Waals surface area (Å²) in [5.41, 5.74) is 0. The third-order valence-electron chi connectivity index (χ3n) is 2.26. The van der Waals surface area contributed by atoms with Crippen LogP contribution < -0.4 is 10.1 Å². The van der Waals surface area contributed by atoms with Crippen molar-refractivity contribution in [2.75, 3.05) is 13.2 Å². The van der Waals surface area contributed by atoms with E-state index < -0.39 is 0 Å². The molecule has 2 rings (SSSR count). The van der Waals surface area contributed by atoms with Crippen molar-refractivity contribution in [1.82, 2.24) is 5.32 Å². The molecule has 0 saturated heterocycles. The Morgan fingerprint density at radius 3 is 2.93 bits per heavy atom. The van der Waals surface area contributed by atoms with Crippen LogP contribution in [0.2, 0.25) is 0 Å². The maximum absolute atomic E-state index is 12.8. The SMILES string of the molecule is Fc1ccc(OCCNC2CC2)c(Br)c1. The molecule has 0 aliphatic heterocycles. The average molecular weight is 274 g/mol. The predicted molar refractivity (Wildman–Crippen MR) is 60.6 cm³/mol. The Labute approximate surface area is 96.9 Å². The Morgan fingerprint density at radius 2 is 2.27 bits per heavy atom. The quantitative estimate of drug-likeness (QED) is 0.833. The summed E-state index contributed by atoms with van der Waals surface area (Å²) in [6.07, 6.45) is 2.56. The molecule has 0 unspecified atom stereocenters. The molecule has 1 aliphatic rings. The number of hydrogen-bond acceptors (Lipinski definition) is 2. The third-order valence-corrected chi connectivity index (χ3v) is 2.88. The van der Waals surface area contributed by atoms with Gasteiger partial charge in [0.15, 0.2) is 0 Å². The molecule has 1 N–H and O–H groups in total. The first kappa shape index (κ1) is 10.9. The van der Waals surface area contributed by atoms with E-state index in [9.17, 15) is 4.39 Å². The van der Waals surface area contributed by atoms with Crippen LogP contribution in [0, 0.1) is 5.82 Å². The van der Waals surface area contributed by atoms with Gasteiger partial charge in [0.05, 0.1) is 4.47 Å². The number of rotatable bonds is 5. The molecule has 1 saturated carbocycles. The number of benzene rings is 1. The van der Waals surface area contributed by atoms with E-state index in [1.165, 1.54) is 25.0 Å². The van der Waals surface area contributed by atoms with Crippen LogP contribution in [-0.4, -0.2) is 19.2 Å². The molecule has 0 heterocycles. The van der Waals surface area contributed by atoms with Crippen molar-refractivity contribution in [1.29, 1.82) is 0 Å². The van der Waals surface area contributed by atoms with E-state index in [4.69, 9.17) is 4.74 Å². The van der Waals surface area contributed by atoms with Crippen LogP contribution in [0.25, 0.3) is 0 Å². The molecule has 1 aromatic carbocycles. The highest BCUT2D eigenvalue weighted by Crippen LogP contribution is 2.25. The molecule has 0 aromatic heterocycles. The predicted octanol–water partition coefficient (Wildman–Crippen LogP) is 2.72. The highest BCUT2D eigenvalue weighted by Gasteiger charge is 2.19. The normalized spacial score (nSPS) is 15.3. The van der Waals surface area contributed by atoms with Crippen LogP contribution in [0.3, 0.4) is 0 Å². The minimum atomic E-state index is -0.259. The van der Waals surface area contributed by atoms with Gasteiger partial charge in [-0.15, -0.1) is 0 Å². The molecule has 82 valence electrons. The van der Waals surface area contributed by atoms with Crippen molar-refractivity contribution in [2.45, 2.75) is 18.9 Å². The summed E-state index contributed by atoms with van der Waals surface area (Å²) in [7, 11) is 0. The van der Waals surface area contributed by atoms with Gasteiger partial charge in [-0.1, -0.05) is 0 Å². The van der Waals surface area contributed by atoms with Gasteiger partial charge in [0, 0.05) is 12.6 Å². The zero-order valence-electron chi connectivity index (χ0n) is 8.30. The lowest BCUT2D eigenvalue weighted by molar-refractivity contribution is 0.311. The van der Waals surface area contributed by atoms with Gasteiger partial charge >= 0.3 is 0 Å². The fourth-order valence-corrected chi connectivity index (χ4v) is 1.77. The smallest absolute Gasteiger partial charge is 0.133 e. The van der Waals surface area contributed by atoms with Gasteiger partial charge in [0.2, 0.25) is 0 Å². The molecule has 1 fully saturated rings. The molecule has 0 amide bonds. The maximum atomic E-state index is 12.8. The summed E-state index contributed by atoms with van der Waals surface area (Å²) >= 11 is 3.26. The first-order valence-corrected chi connectivity index (χ1v) is 5.86. The van der Waals surface area contributed by atoms with Crippen LogP contribution >= 0.6 is 15.9 Å². The van der Waals surface area contributed by atoms with Crippen molar-refractivity contribution in [3.63, 3.8) is 0 Å². The number of ether oxygens (including phenoxy) is 1. The highest BCUT2D eigenvalue weighted by atomic mass is 79.9. The molecule has 4 heteroatoms. The summed E-state index contributed by atoms with van der Waals surface area (Å²) in [4.78, 5) is 0. The van der Waals surface area contributed by atoms with Gasteiger partial charge in [0.25, 0.3) is 0 Å². The lowest BCUT2D eigenvalue weighted by Gasteiger charge is -2.08. The van der Waals surface area contributed by atoms with Crippen molar-refractivity contribution >= 4 is 15.9 Å². The minimum Gasteiger partial charge on any atom is -0.491 e. The first-order chi connectivity index (χ1) is 7.25. The van der Waals surface area contributed by atoms with Crippen LogP contribution in [0.1, 0.15) is 12.8 Å². The zero-order valence-corrected chi connectivity index (χ0v) is 9.89. The second-order valence-corrected chi connectivity index (χ2v) is 4.51. The van der Waals surface area contributed by atoms with E-state index in [1.54, 1.807) is 6.07 Å². The third kappa shape index (κ3) is 3.47. The Hall–Kier alpha value is -0.610. The van der Waals surface area contributed by atoms with E-state index in [0.29, 0.717) is 22.9 Å². The van der Waals surface area contributed by atoms with Crippen molar-refractivity contribution in [2.24, 2.45) is 0 Å². The van der Waals surface area contributed by atoms with Gasteiger partial charge < -0.3 is 10.1 Å². The largest absolute Gasteiger partial charge is 0.491 e. The van der Waals surface area contributed by atoms with Gasteiger partial charge in [-0.3, -0.25) is 0 Å². The van der Waals surface area contributed by atoms with E-state index in [-0.39, 0.29) is 5.82 Å². The van der Waals surface area contributed by atoms with Crippen LogP contribution in [0.15, 0.2) is 22.7 Å². The number of hydrogen-bond donors (Lipinski definition) is 1. The topological polar surface area (TPSA) is 21.3 Å². The van der Waals surface area contributed by atoms with Crippen molar-refractivity contribution in [3.8, 4) is 5.75 Å². The Kier molecular flexibility index (Phi) is 3.59. The monoisotopic (exact) mass is 273 g/mol. The molecule has 1 aromatic rings. The fourth-order valence-electron chi connectivity index (χ4n) is 1.30. The van der Waals surface area contributed by atoms with Crippen LogP contribution in [-0.2, 0) is 0 Å². The highest BCUT2D eigenvalue weighted by molar-refractivity contribution is 9.10. The summed E-state index contributed by atoms with van der Waals surface area (Å²) in [5.74, 6) is 0.430. The minimum absolute atomic E-state index is 0.259. The molecule has 0 spiro atoms. The molecule has 0 bridgehead atoms. The van der Waals surface area contributed by atoms with E-state index in [2.05, 4.69) is 21.2 Å². The first-order valence-electron chi connectivity index (χ1n) is 5.07. The second-order valence-electron chi connectivity index (χ2n) is 3.65. The molecule has 1 aliphatic carbocycles. The van der Waals surface area contributed by atoms with E-state index in [0.717, 1.165) is 6.54 Å². The maximum Gasteiger partial charge on any atom is 0.133 e. The standard InChI is InChI=1S/C11H13BrFNO/c12-10-7-8(13)1-4-11(10)15-6-5-14-9-2-3-9/h1,4,7,9,14H,2-3,5-6H2. The van der Waals surface area contributed by atoms with Gasteiger partial charge in [-0.25, -0.2) is 4.39 Å². The fraction of sp³-hybridized carbons (Fsp3) is 0.455. The van der Waals surface area contributed by atoms with Crippen LogP contribution in [0.5, 0.6) is 5.75 Å². The lowest BCUT2D eigenvalue weighted by atomic mass is 10.3. The number of nitrogens with one attached hydrogen (secondary N) is 1. The van der Waals surface area contributed by atoms with Gasteiger partial charge in [-0.2, -0.15) is 0 Å². The molecular weight excluding hydrogens is 261 g/mol. The summed E-state index contributed by atoms with van der Waals surface area (Å²) in [6, 6.07) is 5.14. The number of halogens is 2. The molecule has 2 nitrogen and oxygen atoms in total. The van der Waals surface area contributed by atoms with Gasteiger partial charge in [0.1, 0.15) is 18.2 Å². The Bertz CT molecular complexity index is 341. The van der Waals surface area contributed by atoms with Crippen molar-refractivity contribution < 1.29 is 9.13 Å². The Morgan fingerprint density at radius 1 is 1.47 bits per heavy atom. The molecular formula is C11H13BrFNO. The molecule has 0 radical (unpaired) electrons. The average Bonchev–Trinajstić information content (AvgIpc) is 2.99. The van der Waals surface area contributed by atoms with Crippen molar-refractivity contribution in [3.05, 3.63) is 28.5 Å². The van der Waals surface area contributed by atoms with E-state index in [1.807, 2.05) is 0 Å². The Balaban J connectivity index is 1.76. The molecule has 15 heavy (non-hydrogen) atoms. The van der Waals surface area contributed by atoms with Crippen LogP contribution in [0.4, 0.5) is 4.39 Å². The summed E-state index contributed by atoms with van der Waals surface area (Å²) in [5, 5.41) is 3.34. The zero-order chi connectivity index (χ0) is 10.7. The second kappa shape index (κ2) is 4.94. The lowest BCUT2D eigenvalue weighted by Crippen LogP contribution is -2.22. The molecule has 0 atom stereocenters. The summed E-state index contributed by atoms with van der Waals surface area (Å²) in [6.45, 7) is 1.45. The van der Waals surface area contributed by atoms with Gasteiger partial charge in [-0.05, 0) is 47.0 Å². The van der Waals surface area contributed by atoms with E-state index >= 15 is 0 Å².